The summed E-state index contributed by atoms with van der Waals surface area (Å²) >= 11 is 3.68. The number of fused-ring (bicyclic) bond motifs is 6. The van der Waals surface area contributed by atoms with Crippen molar-refractivity contribution in [1.82, 2.24) is 0 Å². The van der Waals surface area contributed by atoms with E-state index in [2.05, 4.69) is 178 Å². The minimum Gasteiger partial charge on any atom is -0.502 e. The molecular formula is C48H52AuN2OS2-2. The van der Waals surface area contributed by atoms with Gasteiger partial charge in [-0.15, -0.1) is 23.5 Å². The Bertz CT molecular complexity index is 2310. The summed E-state index contributed by atoms with van der Waals surface area (Å²) < 4.78 is 5.23. The van der Waals surface area contributed by atoms with Gasteiger partial charge in [0, 0.05) is 49.7 Å². The maximum absolute atomic E-state index is 13.9. The average Bonchev–Trinajstić information content (AvgIpc) is 3.68. The zero-order valence-electron chi connectivity index (χ0n) is 33.2. The maximum atomic E-state index is 13.9. The normalized spacial score (nSPS) is 14.6. The van der Waals surface area contributed by atoms with Crippen LogP contribution < -0.4 is 9.80 Å². The van der Waals surface area contributed by atoms with Crippen molar-refractivity contribution in [1.29, 1.82) is 0 Å². The molecule has 7 aromatic rings. The minimum absolute atomic E-state index is 0. The number of hydrogen-bond acceptors (Lipinski definition) is 4. The molecule has 5 aromatic carbocycles. The van der Waals surface area contributed by atoms with Crippen LogP contribution in [0.3, 0.4) is 0 Å². The molecule has 54 heavy (non-hydrogen) atoms. The Kier molecular flexibility index (Phi) is 11.9. The van der Waals surface area contributed by atoms with Crippen molar-refractivity contribution in [3.05, 3.63) is 126 Å². The van der Waals surface area contributed by atoms with Crippen LogP contribution in [-0.2, 0) is 27.2 Å². The van der Waals surface area contributed by atoms with Crippen LogP contribution in [0.2, 0.25) is 0 Å². The van der Waals surface area contributed by atoms with Gasteiger partial charge in [-0.05, 0) is 71.9 Å². The molecule has 0 N–H and O–H groups in total. The molecule has 8 rings (SSSR count). The molecule has 1 fully saturated rings. The predicted molar refractivity (Wildman–Crippen MR) is 233 cm³/mol. The SMILES string of the molecule is CC(C)c1cccc(C(C)C)c1N1[CH-]N(c2c(C(C)C)cccc2C(C)C)C(=O)C(C)(C)C1.[Au].[c-]1c2sc3ccccc3c2cc2c1sc1ccccc12. The van der Waals surface area contributed by atoms with Gasteiger partial charge in [0.2, 0.25) is 5.91 Å². The molecule has 0 aliphatic carbocycles. The third kappa shape index (κ3) is 7.43. The van der Waals surface area contributed by atoms with Gasteiger partial charge in [0.1, 0.15) is 0 Å². The molecule has 3 nitrogen and oxygen atoms in total. The quantitative estimate of drug-likeness (QED) is 0.123. The number of carbonyl (C=O) groups is 1. The van der Waals surface area contributed by atoms with Gasteiger partial charge in [-0.2, -0.15) is 28.7 Å². The number of amides is 1. The summed E-state index contributed by atoms with van der Waals surface area (Å²) in [5, 5.41) is 5.37. The fourth-order valence-corrected chi connectivity index (χ4v) is 10.1. The molecule has 1 radical (unpaired) electrons. The summed E-state index contributed by atoms with van der Waals surface area (Å²) in [6.45, 7) is 24.8. The Morgan fingerprint density at radius 1 is 0.593 bits per heavy atom. The van der Waals surface area contributed by atoms with Gasteiger partial charge in [-0.3, -0.25) is 4.79 Å². The fraction of sp³-hybridized carbons (Fsp3) is 0.333. The van der Waals surface area contributed by atoms with Crippen LogP contribution in [0.1, 0.15) is 115 Å². The average molecular weight is 934 g/mol. The molecule has 1 aliphatic heterocycles. The van der Waals surface area contributed by atoms with Crippen LogP contribution >= 0.6 is 22.7 Å². The Balaban J connectivity index is 0.000000200. The Morgan fingerprint density at radius 2 is 1.00 bits per heavy atom. The predicted octanol–water partition coefficient (Wildman–Crippen LogP) is 14.4. The van der Waals surface area contributed by atoms with Crippen molar-refractivity contribution in [3.8, 4) is 0 Å². The van der Waals surface area contributed by atoms with Gasteiger partial charge in [0.05, 0.1) is 5.41 Å². The molecule has 0 unspecified atom stereocenters. The number of thiophene rings is 2. The summed E-state index contributed by atoms with van der Waals surface area (Å²) in [7, 11) is 0. The van der Waals surface area contributed by atoms with Gasteiger partial charge in [-0.1, -0.05) is 148 Å². The van der Waals surface area contributed by atoms with Crippen molar-refractivity contribution < 1.29 is 27.2 Å². The van der Waals surface area contributed by atoms with Crippen molar-refractivity contribution in [2.24, 2.45) is 5.41 Å². The number of nitrogens with zero attached hydrogens (tertiary/aromatic N) is 2. The smallest absolute Gasteiger partial charge is 0.206 e. The molecule has 3 heterocycles. The molecule has 2 aromatic heterocycles. The maximum Gasteiger partial charge on any atom is 0.206 e. The third-order valence-electron chi connectivity index (χ3n) is 10.6. The van der Waals surface area contributed by atoms with Crippen LogP contribution in [-0.4, -0.2) is 12.5 Å². The van der Waals surface area contributed by atoms with Crippen LogP contribution in [0, 0.1) is 18.2 Å². The van der Waals surface area contributed by atoms with E-state index in [1.807, 2.05) is 27.6 Å². The number of benzene rings is 5. The van der Waals surface area contributed by atoms with E-state index in [1.54, 1.807) is 0 Å². The first-order valence-electron chi connectivity index (χ1n) is 19.1. The van der Waals surface area contributed by atoms with E-state index < -0.39 is 5.41 Å². The minimum atomic E-state index is -0.509. The van der Waals surface area contributed by atoms with E-state index in [0.29, 0.717) is 30.2 Å². The molecule has 1 aliphatic rings. The van der Waals surface area contributed by atoms with Crippen molar-refractivity contribution >= 4 is 80.3 Å². The molecular weight excluding hydrogens is 882 g/mol. The zero-order chi connectivity index (χ0) is 37.8. The second kappa shape index (κ2) is 16.0. The van der Waals surface area contributed by atoms with E-state index in [-0.39, 0.29) is 28.3 Å². The first kappa shape index (κ1) is 40.2. The summed E-state index contributed by atoms with van der Waals surface area (Å²) in [4.78, 5) is 18.2. The van der Waals surface area contributed by atoms with E-state index in [1.165, 1.54) is 68.3 Å². The third-order valence-corrected chi connectivity index (χ3v) is 12.8. The van der Waals surface area contributed by atoms with Crippen LogP contribution in [0.15, 0.2) is 91.0 Å². The van der Waals surface area contributed by atoms with Gasteiger partial charge in [-0.25, -0.2) is 0 Å². The second-order valence-electron chi connectivity index (χ2n) is 16.4. The molecule has 0 atom stereocenters. The van der Waals surface area contributed by atoms with E-state index in [9.17, 15) is 4.79 Å². The van der Waals surface area contributed by atoms with Crippen molar-refractivity contribution in [2.75, 3.05) is 16.3 Å². The number of para-hydroxylation sites is 2. The molecule has 1 amide bonds. The summed E-state index contributed by atoms with van der Waals surface area (Å²) in [6.07, 6.45) is 0. The first-order chi connectivity index (χ1) is 25.3. The van der Waals surface area contributed by atoms with Crippen molar-refractivity contribution in [3.63, 3.8) is 0 Å². The topological polar surface area (TPSA) is 23.6 Å². The van der Waals surface area contributed by atoms with Crippen molar-refractivity contribution in [2.45, 2.75) is 92.9 Å². The number of rotatable bonds is 6. The van der Waals surface area contributed by atoms with Crippen LogP contribution in [0.4, 0.5) is 11.4 Å². The van der Waals surface area contributed by atoms with Gasteiger partial charge in [0.25, 0.3) is 0 Å². The summed E-state index contributed by atoms with van der Waals surface area (Å²) in [5.74, 6) is 1.62. The standard InChI is InChI=1S/C30H43N2O.C18H9S2.Au/c1-19(2)23-13-11-14-24(20(3)4)27(23)31-17-30(9,10)29(33)32(18-31)28-25(21(5)6)15-12-16-26(28)22(7)8;1-3-7-15-11(5-1)13-9-14-12-6-2-4-8-16(12)20-18(14)10-17(13)19-15;/h11-16,18-22H,17H2,1-10H3;1-9H;/q2*-1;. The second-order valence-corrected chi connectivity index (χ2v) is 18.5. The zero-order valence-corrected chi connectivity index (χ0v) is 37.0. The van der Waals surface area contributed by atoms with E-state index >= 15 is 0 Å². The van der Waals surface area contributed by atoms with Crippen LogP contribution in [0.25, 0.3) is 40.3 Å². The first-order valence-corrected chi connectivity index (χ1v) is 20.8. The number of carbonyl (C=O) groups excluding carboxylic acids is 1. The Morgan fingerprint density at radius 3 is 1.43 bits per heavy atom. The monoisotopic (exact) mass is 933 g/mol. The van der Waals surface area contributed by atoms with Gasteiger partial charge >= 0.3 is 0 Å². The number of anilines is 2. The largest absolute Gasteiger partial charge is 0.502 e. The summed E-state index contributed by atoms with van der Waals surface area (Å²) in [5.41, 5.74) is 6.95. The van der Waals surface area contributed by atoms with E-state index in [4.69, 9.17) is 0 Å². The molecule has 0 spiro atoms. The molecule has 285 valence electrons. The fourth-order valence-electron chi connectivity index (χ4n) is 7.83. The Labute approximate surface area is 345 Å². The molecule has 0 bridgehead atoms. The Hall–Kier alpha value is -3.45. The molecule has 1 saturated heterocycles. The summed E-state index contributed by atoms with van der Waals surface area (Å²) in [6, 6.07) is 36.4. The molecule has 6 heteroatoms. The van der Waals surface area contributed by atoms with Gasteiger partial charge < -0.3 is 9.80 Å². The van der Waals surface area contributed by atoms with E-state index in [0.717, 1.165) is 5.69 Å². The number of hydrogen-bond donors (Lipinski definition) is 0. The van der Waals surface area contributed by atoms with Crippen LogP contribution in [0.5, 0.6) is 0 Å². The van der Waals surface area contributed by atoms with Gasteiger partial charge in [0.15, 0.2) is 0 Å². The molecule has 0 saturated carbocycles.